The van der Waals surface area contributed by atoms with Crippen molar-refractivity contribution in [2.24, 2.45) is 0 Å². The van der Waals surface area contributed by atoms with Crippen molar-refractivity contribution in [3.63, 3.8) is 0 Å². The van der Waals surface area contributed by atoms with E-state index in [0.717, 1.165) is 0 Å². The van der Waals surface area contributed by atoms with Crippen molar-refractivity contribution in [1.29, 1.82) is 0 Å². The van der Waals surface area contributed by atoms with Crippen LogP contribution < -0.4 is 0 Å². The molecular weight excluding hydrogens is 200 g/mol. The first-order chi connectivity index (χ1) is 6.47. The van der Waals surface area contributed by atoms with E-state index in [1.54, 1.807) is 11.1 Å². The number of hydrogen-bond acceptors (Lipinski definition) is 3. The van der Waals surface area contributed by atoms with Gasteiger partial charge in [-0.15, -0.1) is 0 Å². The lowest BCUT2D eigenvalue weighted by Crippen LogP contribution is -1.88. The van der Waals surface area contributed by atoms with Gasteiger partial charge in [0.15, 0.2) is 0 Å². The smallest absolute Gasteiger partial charge is 0.0916 e. The summed E-state index contributed by atoms with van der Waals surface area (Å²) in [6, 6.07) is 8.74. The Hall–Kier alpha value is -0.870. The molecule has 1 aromatic carbocycles. The van der Waals surface area contributed by atoms with Crippen LogP contribution in [0.5, 0.6) is 0 Å². The number of fused-ring (bicyclic) bond motifs is 1. The third kappa shape index (κ3) is 4.39. The summed E-state index contributed by atoms with van der Waals surface area (Å²) in [6.07, 6.45) is 4.57. The first-order valence-corrected chi connectivity index (χ1v) is 6.26. The molecule has 1 aliphatic rings. The van der Waals surface area contributed by atoms with E-state index in [9.17, 15) is 0 Å². The molecule has 78 valence electrons. The van der Waals surface area contributed by atoms with Crippen LogP contribution in [0.4, 0.5) is 0 Å². The lowest BCUT2D eigenvalue weighted by atomic mass is 10.1. The van der Waals surface area contributed by atoms with Gasteiger partial charge in [-0.05, 0) is 30.4 Å². The number of hydrogen-bond donors (Lipinski definition) is 0. The molecule has 0 amide bonds. The molecule has 0 saturated carbocycles. The van der Waals surface area contributed by atoms with Crippen LogP contribution in [-0.2, 0) is 23.0 Å². The van der Waals surface area contributed by atoms with Crippen LogP contribution in [0.3, 0.4) is 0 Å². The first-order valence-electron chi connectivity index (χ1n) is 4.44. The van der Waals surface area contributed by atoms with E-state index >= 15 is 0 Å². The predicted molar refractivity (Wildman–Crippen MR) is 54.1 cm³/mol. The lowest BCUT2D eigenvalue weighted by molar-refractivity contribution is 0.470. The Labute approximate surface area is 84.5 Å². The molecule has 0 fully saturated rings. The minimum Gasteiger partial charge on any atom is -0.748 e. The van der Waals surface area contributed by atoms with Crippen molar-refractivity contribution in [3.05, 3.63) is 35.4 Å². The second kappa shape index (κ2) is 4.57. The molecule has 0 aliphatic heterocycles. The molecule has 0 N–H and O–H groups in total. The minimum absolute atomic E-state index is 0.604. The molecule has 0 aromatic heterocycles. The zero-order valence-electron chi connectivity index (χ0n) is 8.06. The lowest BCUT2D eigenvalue weighted by Gasteiger charge is -1.93. The van der Waals surface area contributed by atoms with Gasteiger partial charge in [0.2, 0.25) is 0 Å². The molecular formula is C10H13O3S-. The topological polar surface area (TPSA) is 57.2 Å². The zero-order chi connectivity index (χ0) is 10.6. The normalized spacial score (nSPS) is 14.1. The highest BCUT2D eigenvalue weighted by Crippen LogP contribution is 2.20. The molecule has 4 heteroatoms. The van der Waals surface area contributed by atoms with Gasteiger partial charge in [0.05, 0.1) is 10.1 Å². The van der Waals surface area contributed by atoms with Gasteiger partial charge in [-0.25, -0.2) is 8.42 Å². The van der Waals surface area contributed by atoms with Gasteiger partial charge in [0.1, 0.15) is 0 Å². The molecule has 1 aliphatic carbocycles. The number of rotatable bonds is 0. The highest BCUT2D eigenvalue weighted by molar-refractivity contribution is 7.84. The van der Waals surface area contributed by atoms with Gasteiger partial charge in [0, 0.05) is 6.26 Å². The van der Waals surface area contributed by atoms with Crippen LogP contribution in [0.2, 0.25) is 0 Å². The fourth-order valence-electron chi connectivity index (χ4n) is 1.51. The Morgan fingerprint density at radius 1 is 1.14 bits per heavy atom. The molecule has 0 radical (unpaired) electrons. The monoisotopic (exact) mass is 213 g/mol. The molecule has 0 unspecified atom stereocenters. The highest BCUT2D eigenvalue weighted by atomic mass is 32.2. The third-order valence-corrected chi connectivity index (χ3v) is 2.01. The van der Waals surface area contributed by atoms with E-state index in [1.165, 1.54) is 19.3 Å². The Balaban J connectivity index is 0.000000171. The zero-order valence-corrected chi connectivity index (χ0v) is 8.88. The molecule has 0 atom stereocenters. The van der Waals surface area contributed by atoms with Crippen molar-refractivity contribution in [2.75, 3.05) is 6.26 Å². The fraction of sp³-hybridized carbons (Fsp3) is 0.400. The van der Waals surface area contributed by atoms with Crippen molar-refractivity contribution >= 4 is 10.1 Å². The van der Waals surface area contributed by atoms with E-state index in [4.69, 9.17) is 13.0 Å². The third-order valence-electron chi connectivity index (χ3n) is 2.01. The van der Waals surface area contributed by atoms with Crippen LogP contribution in [-0.4, -0.2) is 19.2 Å². The van der Waals surface area contributed by atoms with Crippen LogP contribution >= 0.6 is 0 Å². The Kier molecular flexibility index (Phi) is 3.66. The van der Waals surface area contributed by atoms with Crippen LogP contribution in [0.25, 0.3) is 0 Å². The summed E-state index contributed by atoms with van der Waals surface area (Å²) in [4.78, 5) is 0. The van der Waals surface area contributed by atoms with Crippen molar-refractivity contribution < 1.29 is 13.0 Å². The maximum Gasteiger partial charge on any atom is 0.0916 e. The molecule has 3 nitrogen and oxygen atoms in total. The van der Waals surface area contributed by atoms with Gasteiger partial charge >= 0.3 is 0 Å². The van der Waals surface area contributed by atoms with E-state index in [0.29, 0.717) is 6.26 Å². The van der Waals surface area contributed by atoms with E-state index in [1.807, 2.05) is 0 Å². The van der Waals surface area contributed by atoms with E-state index in [-0.39, 0.29) is 0 Å². The number of benzene rings is 1. The van der Waals surface area contributed by atoms with E-state index in [2.05, 4.69) is 24.3 Å². The average molecular weight is 213 g/mol. The SMILES string of the molecule is CS(=O)(=O)[O-].c1ccc2c(c1)CCC2. The van der Waals surface area contributed by atoms with Crippen LogP contribution in [0.1, 0.15) is 17.5 Å². The highest BCUT2D eigenvalue weighted by Gasteiger charge is 2.07. The Bertz CT molecular complexity index is 365. The van der Waals surface area contributed by atoms with Crippen molar-refractivity contribution in [2.45, 2.75) is 19.3 Å². The maximum atomic E-state index is 9.08. The summed E-state index contributed by atoms with van der Waals surface area (Å²) in [7, 11) is -3.92. The van der Waals surface area contributed by atoms with Crippen LogP contribution in [0, 0.1) is 0 Å². The molecule has 0 saturated heterocycles. The summed E-state index contributed by atoms with van der Waals surface area (Å²) < 4.78 is 27.2. The molecule has 1 aromatic rings. The second-order valence-electron chi connectivity index (χ2n) is 3.33. The summed E-state index contributed by atoms with van der Waals surface area (Å²) in [6.45, 7) is 0. The first kappa shape index (κ1) is 11.2. The molecule has 14 heavy (non-hydrogen) atoms. The van der Waals surface area contributed by atoms with Crippen molar-refractivity contribution in [3.8, 4) is 0 Å². The van der Waals surface area contributed by atoms with Crippen LogP contribution in [0.15, 0.2) is 24.3 Å². The fourth-order valence-corrected chi connectivity index (χ4v) is 1.51. The quantitative estimate of drug-likeness (QED) is 0.611. The maximum absolute atomic E-state index is 9.08. The average Bonchev–Trinajstić information content (AvgIpc) is 2.47. The minimum atomic E-state index is -3.92. The van der Waals surface area contributed by atoms with Gasteiger partial charge in [0.25, 0.3) is 0 Å². The second-order valence-corrected chi connectivity index (χ2v) is 4.73. The Morgan fingerprint density at radius 2 is 1.50 bits per heavy atom. The Morgan fingerprint density at radius 3 is 1.86 bits per heavy atom. The molecule has 0 spiro atoms. The summed E-state index contributed by atoms with van der Waals surface area (Å²) in [5.74, 6) is 0. The summed E-state index contributed by atoms with van der Waals surface area (Å²) >= 11 is 0. The van der Waals surface area contributed by atoms with Gasteiger partial charge in [-0.3, -0.25) is 0 Å². The number of aryl methyl sites for hydroxylation is 2. The summed E-state index contributed by atoms with van der Waals surface area (Å²) in [5.41, 5.74) is 3.13. The molecule has 2 rings (SSSR count). The standard InChI is InChI=1S/C9H10.CH4O3S/c1-2-5-9-7-3-6-8(9)4-1;1-5(2,3)4/h1-2,4-5H,3,6-7H2;1H3,(H,2,3,4)/p-1. The van der Waals surface area contributed by atoms with Gasteiger partial charge in [-0.1, -0.05) is 24.3 Å². The van der Waals surface area contributed by atoms with Gasteiger partial charge < -0.3 is 4.55 Å². The molecule has 0 heterocycles. The summed E-state index contributed by atoms with van der Waals surface area (Å²) in [5, 5.41) is 0. The molecule has 0 bridgehead atoms. The van der Waals surface area contributed by atoms with Crippen molar-refractivity contribution in [1.82, 2.24) is 0 Å². The van der Waals surface area contributed by atoms with E-state index < -0.39 is 10.1 Å². The largest absolute Gasteiger partial charge is 0.748 e. The van der Waals surface area contributed by atoms with Gasteiger partial charge in [-0.2, -0.15) is 0 Å². The predicted octanol–water partition coefficient (Wildman–Crippen LogP) is 1.34.